The van der Waals surface area contributed by atoms with Crippen molar-refractivity contribution in [3.8, 4) is 0 Å². The zero-order valence-corrected chi connectivity index (χ0v) is 10.5. The Balaban J connectivity index is 1.41. The van der Waals surface area contributed by atoms with Crippen LogP contribution < -0.4 is 5.32 Å². The third-order valence-corrected chi connectivity index (χ3v) is 3.22. The molecule has 1 aliphatic carbocycles. The zero-order valence-electron chi connectivity index (χ0n) is 10.5. The summed E-state index contributed by atoms with van der Waals surface area (Å²) in [6.07, 6.45) is 12.4. The Kier molecular flexibility index (Phi) is 3.41. The lowest BCUT2D eigenvalue weighted by Gasteiger charge is -2.00. The van der Waals surface area contributed by atoms with Gasteiger partial charge in [0, 0.05) is 44.1 Å². The van der Waals surface area contributed by atoms with Crippen molar-refractivity contribution in [3.63, 3.8) is 0 Å². The number of hydrogen-bond donors (Lipinski definition) is 2. The second-order valence-corrected chi connectivity index (χ2v) is 4.90. The van der Waals surface area contributed by atoms with Gasteiger partial charge in [0.05, 0.1) is 12.0 Å². The van der Waals surface area contributed by atoms with E-state index in [1.807, 2.05) is 12.5 Å². The highest BCUT2D eigenvalue weighted by atomic mass is 15.1. The van der Waals surface area contributed by atoms with Gasteiger partial charge in [-0.1, -0.05) is 0 Å². The summed E-state index contributed by atoms with van der Waals surface area (Å²) in [5.74, 6) is 1.06. The van der Waals surface area contributed by atoms with E-state index in [0.717, 1.165) is 43.5 Å². The molecule has 96 valence electrons. The van der Waals surface area contributed by atoms with Gasteiger partial charge in [0.15, 0.2) is 0 Å². The molecule has 3 rings (SSSR count). The fourth-order valence-electron chi connectivity index (χ4n) is 2.02. The monoisotopic (exact) mass is 245 g/mol. The van der Waals surface area contributed by atoms with Gasteiger partial charge in [-0.15, -0.1) is 0 Å². The number of imidazole rings is 2. The molecule has 2 aromatic rings. The molecule has 0 bridgehead atoms. The Labute approximate surface area is 107 Å². The lowest BCUT2D eigenvalue weighted by molar-refractivity contribution is 0.628. The molecule has 5 heteroatoms. The van der Waals surface area contributed by atoms with E-state index in [4.69, 9.17) is 0 Å². The summed E-state index contributed by atoms with van der Waals surface area (Å²) in [6.45, 7) is 1.90. The molecule has 2 heterocycles. The SMILES string of the molecule is c1c[nH]c(CCCn2cnc(CNC3CC3)c2)n1. The summed E-state index contributed by atoms with van der Waals surface area (Å²) in [4.78, 5) is 11.7. The van der Waals surface area contributed by atoms with Gasteiger partial charge in [-0.25, -0.2) is 9.97 Å². The first-order valence-electron chi connectivity index (χ1n) is 6.62. The summed E-state index contributed by atoms with van der Waals surface area (Å²) in [6, 6.07) is 0.745. The van der Waals surface area contributed by atoms with Crippen LogP contribution in [0.2, 0.25) is 0 Å². The van der Waals surface area contributed by atoms with Crippen LogP contribution >= 0.6 is 0 Å². The van der Waals surface area contributed by atoms with Crippen LogP contribution in [-0.4, -0.2) is 25.6 Å². The highest BCUT2D eigenvalue weighted by molar-refractivity contribution is 4.98. The van der Waals surface area contributed by atoms with Gasteiger partial charge in [0.2, 0.25) is 0 Å². The molecule has 1 aliphatic rings. The van der Waals surface area contributed by atoms with Gasteiger partial charge < -0.3 is 14.9 Å². The minimum absolute atomic E-state index is 0.745. The van der Waals surface area contributed by atoms with Crippen molar-refractivity contribution in [1.29, 1.82) is 0 Å². The van der Waals surface area contributed by atoms with Crippen LogP contribution in [0.25, 0.3) is 0 Å². The maximum atomic E-state index is 4.41. The fraction of sp³-hybridized carbons (Fsp3) is 0.538. The van der Waals surface area contributed by atoms with Crippen LogP contribution in [0.4, 0.5) is 0 Å². The predicted octanol–water partition coefficient (Wildman–Crippen LogP) is 1.49. The van der Waals surface area contributed by atoms with Crippen molar-refractivity contribution >= 4 is 0 Å². The van der Waals surface area contributed by atoms with E-state index in [2.05, 4.69) is 31.0 Å². The molecule has 2 aromatic heterocycles. The number of aromatic amines is 1. The van der Waals surface area contributed by atoms with Gasteiger partial charge >= 0.3 is 0 Å². The number of aromatic nitrogens is 4. The summed E-state index contributed by atoms with van der Waals surface area (Å²) < 4.78 is 2.16. The first-order valence-corrected chi connectivity index (χ1v) is 6.62. The molecule has 0 spiro atoms. The minimum atomic E-state index is 0.745. The Morgan fingerprint density at radius 1 is 1.39 bits per heavy atom. The third kappa shape index (κ3) is 3.20. The molecule has 0 amide bonds. The van der Waals surface area contributed by atoms with Crippen LogP contribution in [0.3, 0.4) is 0 Å². The summed E-state index contributed by atoms with van der Waals surface area (Å²) >= 11 is 0. The quantitative estimate of drug-likeness (QED) is 0.777. The lowest BCUT2D eigenvalue weighted by atomic mass is 10.3. The van der Waals surface area contributed by atoms with Crippen LogP contribution in [0, 0.1) is 0 Å². The van der Waals surface area contributed by atoms with Crippen LogP contribution in [0.15, 0.2) is 24.9 Å². The van der Waals surface area contributed by atoms with E-state index in [-0.39, 0.29) is 0 Å². The number of aryl methyl sites for hydroxylation is 2. The van der Waals surface area contributed by atoms with Crippen LogP contribution in [0.5, 0.6) is 0 Å². The number of nitrogens with zero attached hydrogens (tertiary/aromatic N) is 3. The number of hydrogen-bond acceptors (Lipinski definition) is 3. The summed E-state index contributed by atoms with van der Waals surface area (Å²) in [5, 5.41) is 3.47. The zero-order chi connectivity index (χ0) is 12.2. The van der Waals surface area contributed by atoms with Crippen LogP contribution in [0.1, 0.15) is 30.8 Å². The van der Waals surface area contributed by atoms with E-state index in [1.54, 1.807) is 6.20 Å². The smallest absolute Gasteiger partial charge is 0.106 e. The van der Waals surface area contributed by atoms with Gasteiger partial charge in [0.25, 0.3) is 0 Å². The maximum Gasteiger partial charge on any atom is 0.106 e. The molecular weight excluding hydrogens is 226 g/mol. The summed E-state index contributed by atoms with van der Waals surface area (Å²) in [5.41, 5.74) is 1.14. The van der Waals surface area contributed by atoms with E-state index in [0.29, 0.717) is 0 Å². The number of H-pyrrole nitrogens is 1. The van der Waals surface area contributed by atoms with E-state index < -0.39 is 0 Å². The highest BCUT2D eigenvalue weighted by Crippen LogP contribution is 2.18. The topological polar surface area (TPSA) is 58.5 Å². The molecular formula is C13H19N5. The maximum absolute atomic E-state index is 4.41. The van der Waals surface area contributed by atoms with E-state index in [9.17, 15) is 0 Å². The average molecular weight is 245 g/mol. The second-order valence-electron chi connectivity index (χ2n) is 4.90. The molecule has 0 radical (unpaired) electrons. The predicted molar refractivity (Wildman–Crippen MR) is 69.0 cm³/mol. The Hall–Kier alpha value is -1.62. The van der Waals surface area contributed by atoms with Crippen molar-refractivity contribution in [2.45, 2.75) is 44.8 Å². The van der Waals surface area contributed by atoms with Gasteiger partial charge in [-0.3, -0.25) is 0 Å². The normalized spacial score (nSPS) is 15.1. The van der Waals surface area contributed by atoms with E-state index in [1.165, 1.54) is 12.8 Å². The van der Waals surface area contributed by atoms with Gasteiger partial charge in [0.1, 0.15) is 5.82 Å². The molecule has 0 saturated heterocycles. The minimum Gasteiger partial charge on any atom is -0.349 e. The van der Waals surface area contributed by atoms with Crippen molar-refractivity contribution in [3.05, 3.63) is 36.4 Å². The molecule has 0 aliphatic heterocycles. The van der Waals surface area contributed by atoms with Crippen molar-refractivity contribution in [2.24, 2.45) is 0 Å². The molecule has 0 atom stereocenters. The number of rotatable bonds is 7. The van der Waals surface area contributed by atoms with Gasteiger partial charge in [-0.05, 0) is 19.3 Å². The standard InChI is InChI=1S/C13H19N5/c1(2-13-14-5-6-15-13)7-18-9-12(17-10-18)8-16-11-3-4-11/h5-6,9-11,16H,1-4,7-8H2,(H,14,15). The van der Waals surface area contributed by atoms with Crippen molar-refractivity contribution in [1.82, 2.24) is 24.8 Å². The first kappa shape index (κ1) is 11.5. The molecule has 5 nitrogen and oxygen atoms in total. The lowest BCUT2D eigenvalue weighted by Crippen LogP contribution is -2.15. The first-order chi connectivity index (χ1) is 8.90. The van der Waals surface area contributed by atoms with Crippen molar-refractivity contribution < 1.29 is 0 Å². The van der Waals surface area contributed by atoms with E-state index >= 15 is 0 Å². The Morgan fingerprint density at radius 2 is 2.33 bits per heavy atom. The second kappa shape index (κ2) is 5.35. The molecule has 2 N–H and O–H groups in total. The summed E-state index contributed by atoms with van der Waals surface area (Å²) in [7, 11) is 0. The molecule has 1 saturated carbocycles. The molecule has 1 fully saturated rings. The third-order valence-electron chi connectivity index (χ3n) is 3.22. The van der Waals surface area contributed by atoms with Gasteiger partial charge in [-0.2, -0.15) is 0 Å². The molecule has 0 aromatic carbocycles. The van der Waals surface area contributed by atoms with Crippen LogP contribution in [-0.2, 0) is 19.5 Å². The number of nitrogens with one attached hydrogen (secondary N) is 2. The Morgan fingerprint density at radius 3 is 3.11 bits per heavy atom. The average Bonchev–Trinajstić information content (AvgIpc) is 2.89. The molecule has 18 heavy (non-hydrogen) atoms. The fourth-order valence-corrected chi connectivity index (χ4v) is 2.02. The molecule has 0 unspecified atom stereocenters. The highest BCUT2D eigenvalue weighted by Gasteiger charge is 2.20. The largest absolute Gasteiger partial charge is 0.349 e. The Bertz CT molecular complexity index is 469. The van der Waals surface area contributed by atoms with Crippen molar-refractivity contribution in [2.75, 3.05) is 0 Å².